The van der Waals surface area contributed by atoms with Crippen LogP contribution in [0.15, 0.2) is 67.0 Å². The number of hydrogen-bond donors (Lipinski definition) is 2. The van der Waals surface area contributed by atoms with Gasteiger partial charge >= 0.3 is 5.97 Å². The van der Waals surface area contributed by atoms with Crippen LogP contribution in [0.25, 0.3) is 11.1 Å². The van der Waals surface area contributed by atoms with Crippen molar-refractivity contribution >= 4 is 29.4 Å². The average molecular weight is 502 g/mol. The molecule has 1 aliphatic heterocycles. The summed E-state index contributed by atoms with van der Waals surface area (Å²) in [7, 11) is 1.17. The van der Waals surface area contributed by atoms with Gasteiger partial charge in [-0.1, -0.05) is 65.1 Å². The Morgan fingerprint density at radius 3 is 2.14 bits per heavy atom. The summed E-state index contributed by atoms with van der Waals surface area (Å²) in [5, 5.41) is 5.33. The van der Waals surface area contributed by atoms with E-state index in [1.807, 2.05) is 30.3 Å². The number of nitrogens with zero attached hydrogens (tertiary/aromatic N) is 1. The molecular formula is C29H31N3O5. The lowest BCUT2D eigenvalue weighted by Crippen LogP contribution is -2.36. The zero-order chi connectivity index (χ0) is 27.3. The summed E-state index contributed by atoms with van der Waals surface area (Å²) in [6, 6.07) is 12.9. The number of methoxy groups -OCH3 is 1. The molecule has 2 N–H and O–H groups in total. The van der Waals surface area contributed by atoms with Gasteiger partial charge in [0.15, 0.2) is 0 Å². The number of anilines is 1. The fourth-order valence-electron chi connectivity index (χ4n) is 5.13. The highest BCUT2D eigenvalue weighted by atomic mass is 16.5. The van der Waals surface area contributed by atoms with Crippen LogP contribution in [-0.2, 0) is 25.7 Å². The van der Waals surface area contributed by atoms with Crippen molar-refractivity contribution in [2.75, 3.05) is 12.4 Å². The molecule has 1 fully saturated rings. The first-order valence-corrected chi connectivity index (χ1v) is 11.9. The van der Waals surface area contributed by atoms with Crippen LogP contribution in [-0.4, -0.2) is 35.7 Å². The van der Waals surface area contributed by atoms with Crippen LogP contribution in [0.2, 0.25) is 0 Å². The summed E-state index contributed by atoms with van der Waals surface area (Å²) < 4.78 is 4.53. The summed E-state index contributed by atoms with van der Waals surface area (Å²) >= 11 is 0. The molecule has 1 heterocycles. The van der Waals surface area contributed by atoms with Gasteiger partial charge in [0, 0.05) is 17.2 Å². The molecule has 2 aromatic rings. The van der Waals surface area contributed by atoms with Crippen molar-refractivity contribution in [3.05, 3.63) is 78.1 Å². The molecule has 0 unspecified atom stereocenters. The molecule has 4 rings (SSSR count). The highest BCUT2D eigenvalue weighted by molar-refractivity contribution is 6.08. The molecule has 192 valence electrons. The van der Waals surface area contributed by atoms with Gasteiger partial charge in [-0.25, -0.2) is 4.79 Å². The molecular weight excluding hydrogens is 470 g/mol. The Morgan fingerprint density at radius 1 is 0.973 bits per heavy atom. The van der Waals surface area contributed by atoms with Crippen LogP contribution < -0.4 is 10.6 Å². The van der Waals surface area contributed by atoms with Gasteiger partial charge in [0.2, 0.25) is 5.91 Å². The summed E-state index contributed by atoms with van der Waals surface area (Å²) in [6.45, 7) is 15.8. The van der Waals surface area contributed by atoms with E-state index in [9.17, 15) is 19.2 Å². The summed E-state index contributed by atoms with van der Waals surface area (Å²) in [5.41, 5.74) is 3.17. The van der Waals surface area contributed by atoms with Crippen molar-refractivity contribution in [1.82, 2.24) is 10.2 Å². The van der Waals surface area contributed by atoms with E-state index < -0.39 is 11.9 Å². The van der Waals surface area contributed by atoms with Crippen molar-refractivity contribution in [3.8, 4) is 11.1 Å². The average Bonchev–Trinajstić information content (AvgIpc) is 3.09. The maximum Gasteiger partial charge on any atom is 0.353 e. The molecule has 37 heavy (non-hydrogen) atoms. The molecule has 0 saturated heterocycles. The topological polar surface area (TPSA) is 105 Å². The van der Waals surface area contributed by atoms with E-state index in [-0.39, 0.29) is 46.5 Å². The fraction of sp³-hybridized carbons (Fsp3) is 0.310. The van der Waals surface area contributed by atoms with Gasteiger partial charge in [-0.05, 0) is 45.7 Å². The Balaban J connectivity index is 1.50. The third-order valence-electron chi connectivity index (χ3n) is 8.00. The maximum atomic E-state index is 13.1. The van der Waals surface area contributed by atoms with E-state index in [0.29, 0.717) is 11.3 Å². The molecule has 8 heteroatoms. The number of rotatable bonds is 7. The fourth-order valence-corrected chi connectivity index (χ4v) is 5.13. The standard InChI is InChI=1S/C29H31N3O5/c1-16(27(36)37-7)30-24(33)17(2)32-15-22-20(9-8-10-21(22)26(32)35)18-11-13-19(14-12-18)31-25(34)23-28(3,4)29(23,5)6/h8-14,23H,1-2,15H2,3-7H3,(H,30,33)(H,31,34). The minimum absolute atomic E-state index is 0.0104. The Morgan fingerprint density at radius 2 is 1.57 bits per heavy atom. The van der Waals surface area contributed by atoms with Gasteiger partial charge in [0.05, 0.1) is 13.7 Å². The molecule has 3 amide bonds. The van der Waals surface area contributed by atoms with Gasteiger partial charge in [-0.3, -0.25) is 19.3 Å². The number of fused-ring (bicyclic) bond motifs is 1. The normalized spacial score (nSPS) is 17.0. The van der Waals surface area contributed by atoms with E-state index in [1.165, 1.54) is 12.0 Å². The van der Waals surface area contributed by atoms with Crippen LogP contribution in [0.3, 0.4) is 0 Å². The predicted octanol–water partition coefficient (Wildman–Crippen LogP) is 4.25. The quantitative estimate of drug-likeness (QED) is 0.436. The van der Waals surface area contributed by atoms with Crippen molar-refractivity contribution < 1.29 is 23.9 Å². The van der Waals surface area contributed by atoms with Crippen LogP contribution in [0, 0.1) is 16.7 Å². The van der Waals surface area contributed by atoms with Crippen LogP contribution in [0.5, 0.6) is 0 Å². The lowest BCUT2D eigenvalue weighted by atomic mass is 9.97. The second-order valence-corrected chi connectivity index (χ2v) is 10.5. The zero-order valence-electron chi connectivity index (χ0n) is 21.7. The van der Waals surface area contributed by atoms with Crippen LogP contribution >= 0.6 is 0 Å². The molecule has 0 spiro atoms. The molecule has 2 aliphatic rings. The summed E-state index contributed by atoms with van der Waals surface area (Å²) in [5.74, 6) is -1.91. The van der Waals surface area contributed by atoms with Crippen molar-refractivity contribution in [2.45, 2.75) is 34.2 Å². The minimum Gasteiger partial charge on any atom is -0.464 e. The summed E-state index contributed by atoms with van der Waals surface area (Å²) in [6.07, 6.45) is 0. The number of carbonyl (C=O) groups is 4. The number of carbonyl (C=O) groups excluding carboxylic acids is 4. The minimum atomic E-state index is -0.788. The SMILES string of the molecule is C=C(NC(=O)C(=C)N1Cc2c(cccc2-c2ccc(NC(=O)C3C(C)(C)C3(C)C)cc2)C1=O)C(=O)OC. The molecule has 1 saturated carbocycles. The molecule has 0 aromatic heterocycles. The smallest absolute Gasteiger partial charge is 0.353 e. The Bertz CT molecular complexity index is 1340. The number of ether oxygens (including phenoxy) is 1. The first-order chi connectivity index (χ1) is 17.3. The predicted molar refractivity (Wildman–Crippen MR) is 140 cm³/mol. The number of nitrogens with one attached hydrogen (secondary N) is 2. The van der Waals surface area contributed by atoms with Crippen molar-refractivity contribution in [2.24, 2.45) is 16.7 Å². The number of esters is 1. The van der Waals surface area contributed by atoms with Crippen molar-refractivity contribution in [1.29, 1.82) is 0 Å². The van der Waals surface area contributed by atoms with Gasteiger partial charge in [-0.15, -0.1) is 0 Å². The van der Waals surface area contributed by atoms with Gasteiger partial charge < -0.3 is 15.4 Å². The number of hydrogen-bond acceptors (Lipinski definition) is 5. The van der Waals surface area contributed by atoms with Crippen LogP contribution in [0.4, 0.5) is 5.69 Å². The van der Waals surface area contributed by atoms with E-state index in [0.717, 1.165) is 16.7 Å². The van der Waals surface area contributed by atoms with E-state index in [1.54, 1.807) is 12.1 Å². The first kappa shape index (κ1) is 25.9. The van der Waals surface area contributed by atoms with E-state index in [2.05, 4.69) is 56.2 Å². The van der Waals surface area contributed by atoms with Gasteiger partial charge in [-0.2, -0.15) is 0 Å². The highest BCUT2D eigenvalue weighted by Gasteiger charge is 2.68. The highest BCUT2D eigenvalue weighted by Crippen LogP contribution is 2.68. The molecule has 0 radical (unpaired) electrons. The molecule has 2 aromatic carbocycles. The monoisotopic (exact) mass is 501 g/mol. The third-order valence-corrected chi connectivity index (χ3v) is 8.00. The second-order valence-electron chi connectivity index (χ2n) is 10.5. The number of amides is 3. The first-order valence-electron chi connectivity index (χ1n) is 11.9. The Labute approximate surface area is 216 Å². The number of benzene rings is 2. The Kier molecular flexibility index (Phi) is 6.32. The lowest BCUT2D eigenvalue weighted by molar-refractivity contribution is -0.137. The lowest BCUT2D eigenvalue weighted by Gasteiger charge is -2.18. The molecule has 0 bridgehead atoms. The van der Waals surface area contributed by atoms with Crippen LogP contribution in [0.1, 0.15) is 43.6 Å². The Hall–Kier alpha value is -4.20. The van der Waals surface area contributed by atoms with Gasteiger partial charge in [0.1, 0.15) is 11.4 Å². The summed E-state index contributed by atoms with van der Waals surface area (Å²) in [4.78, 5) is 51.2. The zero-order valence-corrected chi connectivity index (χ0v) is 21.7. The van der Waals surface area contributed by atoms with E-state index >= 15 is 0 Å². The van der Waals surface area contributed by atoms with E-state index in [4.69, 9.17) is 0 Å². The molecule has 8 nitrogen and oxygen atoms in total. The molecule has 0 atom stereocenters. The molecule has 1 aliphatic carbocycles. The van der Waals surface area contributed by atoms with Gasteiger partial charge in [0.25, 0.3) is 11.8 Å². The maximum absolute atomic E-state index is 13.1. The van der Waals surface area contributed by atoms with Crippen molar-refractivity contribution in [3.63, 3.8) is 0 Å². The second kappa shape index (κ2) is 9.03. The third kappa shape index (κ3) is 4.33. The largest absolute Gasteiger partial charge is 0.464 e.